The highest BCUT2D eigenvalue weighted by Crippen LogP contribution is 2.29. The van der Waals surface area contributed by atoms with Crippen LogP contribution in [0.2, 0.25) is 0 Å². The minimum atomic E-state index is 0.897. The van der Waals surface area contributed by atoms with Crippen LogP contribution in [0.5, 0.6) is 0 Å². The van der Waals surface area contributed by atoms with E-state index in [1.807, 2.05) is 17.1 Å². The van der Waals surface area contributed by atoms with E-state index in [1.165, 1.54) is 17.7 Å². The molecule has 0 atom stereocenters. The molecule has 4 heteroatoms. The Labute approximate surface area is 114 Å². The molecular formula is C15H20N4. The zero-order valence-corrected chi connectivity index (χ0v) is 11.6. The van der Waals surface area contributed by atoms with Crippen molar-refractivity contribution in [1.82, 2.24) is 14.8 Å². The van der Waals surface area contributed by atoms with Crippen LogP contribution in [0.4, 0.5) is 5.69 Å². The summed E-state index contributed by atoms with van der Waals surface area (Å²) >= 11 is 0. The molecule has 0 N–H and O–H groups in total. The molecule has 1 aliphatic rings. The quantitative estimate of drug-likeness (QED) is 0.846. The Kier molecular flexibility index (Phi) is 3.23. The van der Waals surface area contributed by atoms with Crippen LogP contribution >= 0.6 is 0 Å². The van der Waals surface area contributed by atoms with Crippen molar-refractivity contribution >= 4 is 5.69 Å². The van der Waals surface area contributed by atoms with Crippen molar-refractivity contribution in [3.63, 3.8) is 0 Å². The maximum absolute atomic E-state index is 4.61. The molecule has 100 valence electrons. The molecule has 0 aromatic carbocycles. The molecule has 0 spiro atoms. The SMILES string of the molecule is CCN1CCCc2cc(-c3cnn(CC)c3)ncc21. The Hall–Kier alpha value is -1.84. The van der Waals surface area contributed by atoms with Crippen molar-refractivity contribution in [2.45, 2.75) is 33.2 Å². The van der Waals surface area contributed by atoms with Crippen LogP contribution < -0.4 is 4.90 Å². The van der Waals surface area contributed by atoms with E-state index in [0.717, 1.165) is 37.3 Å². The van der Waals surface area contributed by atoms with E-state index in [0.29, 0.717) is 0 Å². The van der Waals surface area contributed by atoms with Gasteiger partial charge < -0.3 is 4.90 Å². The number of nitrogens with zero attached hydrogens (tertiary/aromatic N) is 4. The second-order valence-electron chi connectivity index (χ2n) is 4.97. The number of hydrogen-bond acceptors (Lipinski definition) is 3. The van der Waals surface area contributed by atoms with Crippen LogP contribution in [0.3, 0.4) is 0 Å². The first-order valence-electron chi connectivity index (χ1n) is 7.08. The lowest BCUT2D eigenvalue weighted by Gasteiger charge is -2.29. The molecule has 3 heterocycles. The van der Waals surface area contributed by atoms with Crippen LogP contribution in [0.15, 0.2) is 24.7 Å². The van der Waals surface area contributed by atoms with Crippen molar-refractivity contribution in [3.05, 3.63) is 30.2 Å². The van der Waals surface area contributed by atoms with Crippen LogP contribution in [-0.4, -0.2) is 27.9 Å². The molecule has 0 bridgehead atoms. The molecule has 0 saturated heterocycles. The first-order chi connectivity index (χ1) is 9.31. The number of aromatic nitrogens is 3. The molecule has 2 aromatic rings. The fourth-order valence-electron chi connectivity index (χ4n) is 2.71. The van der Waals surface area contributed by atoms with Crippen LogP contribution in [-0.2, 0) is 13.0 Å². The lowest BCUT2D eigenvalue weighted by atomic mass is 10.0. The van der Waals surface area contributed by atoms with Gasteiger partial charge >= 0.3 is 0 Å². The number of hydrogen-bond donors (Lipinski definition) is 0. The second-order valence-corrected chi connectivity index (χ2v) is 4.97. The van der Waals surface area contributed by atoms with Gasteiger partial charge in [0.2, 0.25) is 0 Å². The molecule has 1 aliphatic heterocycles. The smallest absolute Gasteiger partial charge is 0.0737 e. The Bertz CT molecular complexity index is 573. The van der Waals surface area contributed by atoms with Crippen LogP contribution in [0.25, 0.3) is 11.3 Å². The summed E-state index contributed by atoms with van der Waals surface area (Å²) in [7, 11) is 0. The molecule has 19 heavy (non-hydrogen) atoms. The number of fused-ring (bicyclic) bond motifs is 1. The van der Waals surface area contributed by atoms with Gasteiger partial charge in [-0.3, -0.25) is 9.67 Å². The number of anilines is 1. The third-order valence-electron chi connectivity index (χ3n) is 3.82. The zero-order chi connectivity index (χ0) is 13.2. The van der Waals surface area contributed by atoms with Crippen LogP contribution in [0, 0.1) is 0 Å². The van der Waals surface area contributed by atoms with Crippen molar-refractivity contribution in [2.24, 2.45) is 0 Å². The lowest BCUT2D eigenvalue weighted by molar-refractivity contribution is 0.660. The summed E-state index contributed by atoms with van der Waals surface area (Å²) in [6.45, 7) is 7.40. The van der Waals surface area contributed by atoms with Gasteiger partial charge in [0.25, 0.3) is 0 Å². The van der Waals surface area contributed by atoms with E-state index in [1.54, 1.807) is 0 Å². The molecule has 2 aromatic heterocycles. The average Bonchev–Trinajstić information content (AvgIpc) is 2.95. The third-order valence-corrected chi connectivity index (χ3v) is 3.82. The van der Waals surface area contributed by atoms with Gasteiger partial charge in [-0.1, -0.05) is 0 Å². The van der Waals surface area contributed by atoms with Gasteiger partial charge in [-0.15, -0.1) is 0 Å². The highest BCUT2D eigenvalue weighted by atomic mass is 15.3. The fraction of sp³-hybridized carbons (Fsp3) is 0.467. The topological polar surface area (TPSA) is 34.0 Å². The number of rotatable bonds is 3. The summed E-state index contributed by atoms with van der Waals surface area (Å²) in [5.41, 5.74) is 4.87. The Morgan fingerprint density at radius 1 is 1.21 bits per heavy atom. The lowest BCUT2D eigenvalue weighted by Crippen LogP contribution is -2.29. The summed E-state index contributed by atoms with van der Waals surface area (Å²) in [4.78, 5) is 7.02. The van der Waals surface area contributed by atoms with Crippen molar-refractivity contribution < 1.29 is 0 Å². The first-order valence-corrected chi connectivity index (χ1v) is 7.08. The van der Waals surface area contributed by atoms with Gasteiger partial charge in [0.1, 0.15) is 0 Å². The summed E-state index contributed by atoms with van der Waals surface area (Å²) in [5, 5.41) is 4.32. The predicted octanol–water partition coefficient (Wildman–Crippen LogP) is 2.74. The van der Waals surface area contributed by atoms with E-state index < -0.39 is 0 Å². The van der Waals surface area contributed by atoms with Crippen LogP contribution in [0.1, 0.15) is 25.8 Å². The molecule has 0 saturated carbocycles. The largest absolute Gasteiger partial charge is 0.370 e. The zero-order valence-electron chi connectivity index (χ0n) is 11.6. The Morgan fingerprint density at radius 3 is 2.84 bits per heavy atom. The van der Waals surface area contributed by atoms with Crippen molar-refractivity contribution in [3.8, 4) is 11.3 Å². The normalized spacial score (nSPS) is 14.5. The van der Waals surface area contributed by atoms with E-state index in [2.05, 4.69) is 41.1 Å². The van der Waals surface area contributed by atoms with Gasteiger partial charge in [0.15, 0.2) is 0 Å². The molecule has 3 rings (SSSR count). The summed E-state index contributed by atoms with van der Waals surface area (Å²) in [6.07, 6.45) is 8.38. The summed E-state index contributed by atoms with van der Waals surface area (Å²) < 4.78 is 1.94. The van der Waals surface area contributed by atoms with Crippen molar-refractivity contribution in [1.29, 1.82) is 0 Å². The molecular weight excluding hydrogens is 236 g/mol. The highest BCUT2D eigenvalue weighted by molar-refractivity contribution is 5.64. The summed E-state index contributed by atoms with van der Waals surface area (Å²) in [5.74, 6) is 0. The molecule has 4 nitrogen and oxygen atoms in total. The Morgan fingerprint density at radius 2 is 2.11 bits per heavy atom. The Balaban J connectivity index is 1.96. The van der Waals surface area contributed by atoms with Gasteiger partial charge in [0, 0.05) is 31.4 Å². The maximum Gasteiger partial charge on any atom is 0.0737 e. The van der Waals surface area contributed by atoms with Gasteiger partial charge in [-0.25, -0.2) is 0 Å². The van der Waals surface area contributed by atoms with Gasteiger partial charge in [-0.05, 0) is 38.3 Å². The molecule has 0 amide bonds. The third kappa shape index (κ3) is 2.23. The van der Waals surface area contributed by atoms with E-state index in [4.69, 9.17) is 0 Å². The van der Waals surface area contributed by atoms with Crippen molar-refractivity contribution in [2.75, 3.05) is 18.0 Å². The second kappa shape index (κ2) is 5.03. The maximum atomic E-state index is 4.61. The standard InChI is InChI=1S/C15H20N4/c1-3-18-7-5-6-12-8-14(16-10-15(12)18)13-9-17-19(4-2)11-13/h8-11H,3-7H2,1-2H3. The van der Waals surface area contributed by atoms with E-state index in [9.17, 15) is 0 Å². The van der Waals surface area contributed by atoms with Gasteiger partial charge in [-0.2, -0.15) is 5.10 Å². The number of aryl methyl sites for hydroxylation is 2. The first kappa shape index (κ1) is 12.2. The highest BCUT2D eigenvalue weighted by Gasteiger charge is 2.17. The van der Waals surface area contributed by atoms with Gasteiger partial charge in [0.05, 0.1) is 23.8 Å². The minimum Gasteiger partial charge on any atom is -0.370 e. The number of pyridine rings is 1. The van der Waals surface area contributed by atoms with E-state index in [-0.39, 0.29) is 0 Å². The summed E-state index contributed by atoms with van der Waals surface area (Å²) in [6, 6.07) is 2.23. The molecule has 0 unspecified atom stereocenters. The predicted molar refractivity (Wildman–Crippen MR) is 77.3 cm³/mol. The van der Waals surface area contributed by atoms with E-state index >= 15 is 0 Å². The monoisotopic (exact) mass is 256 g/mol. The average molecular weight is 256 g/mol. The fourth-order valence-corrected chi connectivity index (χ4v) is 2.71. The molecule has 0 aliphatic carbocycles. The molecule has 0 fully saturated rings. The minimum absolute atomic E-state index is 0.897. The molecule has 0 radical (unpaired) electrons.